The van der Waals surface area contributed by atoms with Crippen molar-refractivity contribution in [3.05, 3.63) is 63.3 Å². The number of rotatable bonds is 9. The minimum atomic E-state index is -0.260. The first-order valence-corrected chi connectivity index (χ1v) is 13.9. The Kier molecular flexibility index (Phi) is 5.98. The standard InChI is InChI=1S/C29H26Cl2N2O5/c30-21-2-1-3-22(31)26(21)27-20(28(38-32-27)16-6-7-16)13-36-24-12-18-11-19(24)29(35)33(18)23-9-8-17(15-4-5-15)10-25(23)37-14-34/h1-3,8-10,14-16,18-19,24H,4-7,11-13H2/t18-,19+,24+/m0/s1. The van der Waals surface area contributed by atoms with E-state index in [0.717, 1.165) is 42.6 Å². The molecule has 4 aliphatic rings. The number of halogens is 2. The Morgan fingerprint density at radius 1 is 1.05 bits per heavy atom. The lowest BCUT2D eigenvalue weighted by Gasteiger charge is -2.32. The summed E-state index contributed by atoms with van der Waals surface area (Å²) in [5.74, 6) is 1.85. The van der Waals surface area contributed by atoms with E-state index >= 15 is 0 Å². The lowest BCUT2D eigenvalue weighted by Crippen LogP contribution is -2.43. The van der Waals surface area contributed by atoms with Crippen LogP contribution in [0.1, 0.15) is 67.2 Å². The number of fused-ring (bicyclic) bond motifs is 2. The van der Waals surface area contributed by atoms with E-state index < -0.39 is 0 Å². The molecule has 2 aromatic carbocycles. The molecule has 7 nitrogen and oxygen atoms in total. The minimum absolute atomic E-state index is 0.00303. The zero-order chi connectivity index (χ0) is 26.0. The molecule has 9 heteroatoms. The maximum Gasteiger partial charge on any atom is 0.298 e. The second-order valence-corrected chi connectivity index (χ2v) is 11.6. The van der Waals surface area contributed by atoms with Gasteiger partial charge in [0.1, 0.15) is 11.5 Å². The summed E-state index contributed by atoms with van der Waals surface area (Å²) in [6.07, 6.45) is 5.57. The van der Waals surface area contributed by atoms with Crippen molar-refractivity contribution in [2.45, 2.75) is 69.1 Å². The largest absolute Gasteiger partial charge is 0.427 e. The highest BCUT2D eigenvalue weighted by Crippen LogP contribution is 2.49. The molecule has 3 atom stereocenters. The Labute approximate surface area is 230 Å². The first-order valence-electron chi connectivity index (χ1n) is 13.1. The van der Waals surface area contributed by atoms with Crippen LogP contribution in [0.2, 0.25) is 10.0 Å². The summed E-state index contributed by atoms with van der Waals surface area (Å²) in [6.45, 7) is 0.697. The van der Waals surface area contributed by atoms with Crippen molar-refractivity contribution in [1.82, 2.24) is 5.16 Å². The molecule has 1 saturated heterocycles. The van der Waals surface area contributed by atoms with Gasteiger partial charge in [0.15, 0.2) is 5.75 Å². The monoisotopic (exact) mass is 552 g/mol. The van der Waals surface area contributed by atoms with Crippen molar-refractivity contribution in [1.29, 1.82) is 0 Å². The fourth-order valence-corrected chi connectivity index (χ4v) is 6.66. The predicted octanol–water partition coefficient (Wildman–Crippen LogP) is 6.65. The summed E-state index contributed by atoms with van der Waals surface area (Å²) in [5, 5.41) is 5.34. The molecule has 0 N–H and O–H groups in total. The number of anilines is 1. The highest BCUT2D eigenvalue weighted by molar-refractivity contribution is 6.39. The van der Waals surface area contributed by atoms with E-state index in [1.54, 1.807) is 23.1 Å². The van der Waals surface area contributed by atoms with Crippen LogP contribution in [0, 0.1) is 5.92 Å². The minimum Gasteiger partial charge on any atom is -0.427 e. The van der Waals surface area contributed by atoms with Gasteiger partial charge in [-0.25, -0.2) is 0 Å². The first kappa shape index (κ1) is 24.2. The Morgan fingerprint density at radius 2 is 1.82 bits per heavy atom. The van der Waals surface area contributed by atoms with Crippen LogP contribution in [-0.4, -0.2) is 29.7 Å². The van der Waals surface area contributed by atoms with Gasteiger partial charge in [-0.15, -0.1) is 0 Å². The SMILES string of the molecule is O=COc1cc(C2CC2)ccc1N1C(=O)[C@@H]2C[C@H]1C[C@H]2OCc1c(-c2c(Cl)cccc2Cl)noc1C1CC1. The molecule has 0 unspecified atom stereocenters. The number of nitrogens with zero attached hydrogens (tertiary/aromatic N) is 2. The van der Waals surface area contributed by atoms with Gasteiger partial charge in [-0.05, 0) is 74.3 Å². The molecule has 3 aliphatic carbocycles. The number of ether oxygens (including phenoxy) is 2. The van der Waals surface area contributed by atoms with Crippen LogP contribution in [0.3, 0.4) is 0 Å². The maximum absolute atomic E-state index is 13.5. The van der Waals surface area contributed by atoms with Crippen molar-refractivity contribution in [2.75, 3.05) is 4.90 Å². The van der Waals surface area contributed by atoms with E-state index in [9.17, 15) is 9.59 Å². The molecule has 0 spiro atoms. The number of amides is 1. The van der Waals surface area contributed by atoms with Gasteiger partial charge in [0.05, 0.1) is 34.4 Å². The number of carbonyl (C=O) groups is 2. The zero-order valence-corrected chi connectivity index (χ0v) is 22.1. The van der Waals surface area contributed by atoms with Gasteiger partial charge in [0.2, 0.25) is 5.91 Å². The molecule has 4 fully saturated rings. The molecular weight excluding hydrogens is 527 g/mol. The van der Waals surface area contributed by atoms with E-state index in [2.05, 4.69) is 5.16 Å². The highest BCUT2D eigenvalue weighted by Gasteiger charge is 2.52. The number of piperidine rings is 1. The van der Waals surface area contributed by atoms with E-state index in [-0.39, 0.29) is 30.6 Å². The maximum atomic E-state index is 13.5. The molecule has 1 amide bonds. The fourth-order valence-electron chi connectivity index (χ4n) is 6.09. The third-order valence-corrected chi connectivity index (χ3v) is 8.90. The summed E-state index contributed by atoms with van der Waals surface area (Å²) >= 11 is 13.0. The van der Waals surface area contributed by atoms with Gasteiger partial charge in [-0.3, -0.25) is 9.59 Å². The second-order valence-electron chi connectivity index (χ2n) is 10.7. The Hall–Kier alpha value is -2.87. The fraction of sp³-hybridized carbons (Fsp3) is 0.414. The smallest absolute Gasteiger partial charge is 0.298 e. The summed E-state index contributed by atoms with van der Waals surface area (Å²) < 4.78 is 17.5. The van der Waals surface area contributed by atoms with Gasteiger partial charge in [-0.2, -0.15) is 0 Å². The Morgan fingerprint density at radius 3 is 2.50 bits per heavy atom. The number of carbonyl (C=O) groups excluding carboxylic acids is 2. The third kappa shape index (κ3) is 4.12. The lowest BCUT2D eigenvalue weighted by atomic mass is 10.0. The summed E-state index contributed by atoms with van der Waals surface area (Å²) in [5.41, 5.74) is 3.90. The van der Waals surface area contributed by atoms with Gasteiger partial charge in [-0.1, -0.05) is 40.5 Å². The summed E-state index contributed by atoms with van der Waals surface area (Å²) in [7, 11) is 0. The predicted molar refractivity (Wildman–Crippen MR) is 142 cm³/mol. The zero-order valence-electron chi connectivity index (χ0n) is 20.6. The first-order chi connectivity index (χ1) is 18.5. The van der Waals surface area contributed by atoms with Gasteiger partial charge < -0.3 is 18.9 Å². The topological polar surface area (TPSA) is 81.9 Å². The van der Waals surface area contributed by atoms with Crippen LogP contribution >= 0.6 is 23.2 Å². The van der Waals surface area contributed by atoms with E-state index in [0.29, 0.717) is 63.9 Å². The number of hydrogen-bond acceptors (Lipinski definition) is 6. The molecule has 3 aromatic rings. The Bertz CT molecular complexity index is 1410. The second kappa shape index (κ2) is 9.40. The number of hydrogen-bond donors (Lipinski definition) is 0. The van der Waals surface area contributed by atoms with Crippen LogP contribution in [0.15, 0.2) is 40.9 Å². The molecule has 2 bridgehead atoms. The Balaban J connectivity index is 1.11. The molecular formula is C29H26Cl2N2O5. The van der Waals surface area contributed by atoms with Crippen LogP contribution in [0.5, 0.6) is 5.75 Å². The van der Waals surface area contributed by atoms with Crippen LogP contribution in [0.4, 0.5) is 5.69 Å². The van der Waals surface area contributed by atoms with E-state index in [4.69, 9.17) is 37.2 Å². The third-order valence-electron chi connectivity index (χ3n) is 8.27. The summed E-state index contributed by atoms with van der Waals surface area (Å²) in [6, 6.07) is 11.2. The van der Waals surface area contributed by atoms with Gasteiger partial charge in [0, 0.05) is 23.1 Å². The van der Waals surface area contributed by atoms with Crippen molar-refractivity contribution in [3.8, 4) is 17.0 Å². The molecule has 196 valence electrons. The average molecular weight is 553 g/mol. The molecule has 3 saturated carbocycles. The quantitative estimate of drug-likeness (QED) is 0.276. The van der Waals surface area contributed by atoms with E-state index in [1.165, 1.54) is 0 Å². The van der Waals surface area contributed by atoms with Crippen molar-refractivity contribution >= 4 is 41.3 Å². The van der Waals surface area contributed by atoms with Crippen LogP contribution in [0.25, 0.3) is 11.3 Å². The van der Waals surface area contributed by atoms with E-state index in [1.807, 2.05) is 18.2 Å². The van der Waals surface area contributed by atoms with Crippen molar-refractivity contribution in [2.24, 2.45) is 5.92 Å². The normalized spacial score (nSPS) is 24.3. The van der Waals surface area contributed by atoms with Crippen molar-refractivity contribution < 1.29 is 23.6 Å². The highest BCUT2D eigenvalue weighted by atomic mass is 35.5. The molecule has 1 aromatic heterocycles. The average Bonchev–Trinajstić information content (AvgIpc) is 3.83. The number of benzene rings is 2. The molecule has 1 aliphatic heterocycles. The van der Waals surface area contributed by atoms with Gasteiger partial charge >= 0.3 is 0 Å². The molecule has 2 heterocycles. The molecule has 7 rings (SSSR count). The summed E-state index contributed by atoms with van der Waals surface area (Å²) in [4.78, 5) is 26.5. The lowest BCUT2D eigenvalue weighted by molar-refractivity contribution is -0.127. The van der Waals surface area contributed by atoms with Crippen LogP contribution in [-0.2, 0) is 20.9 Å². The van der Waals surface area contributed by atoms with Gasteiger partial charge in [0.25, 0.3) is 6.47 Å². The molecule has 38 heavy (non-hydrogen) atoms. The van der Waals surface area contributed by atoms with Crippen molar-refractivity contribution in [3.63, 3.8) is 0 Å². The molecule has 0 radical (unpaired) electrons. The number of aromatic nitrogens is 1. The van der Waals surface area contributed by atoms with Crippen LogP contribution < -0.4 is 9.64 Å².